The predicted molar refractivity (Wildman–Crippen MR) is 216 cm³/mol. The third-order valence-corrected chi connectivity index (χ3v) is 11.8. The molecule has 63 heavy (non-hydrogen) atoms. The quantitative estimate of drug-likeness (QED) is 0.119. The Labute approximate surface area is 357 Å². The van der Waals surface area contributed by atoms with Gasteiger partial charge in [0.25, 0.3) is 17.9 Å². The van der Waals surface area contributed by atoms with Gasteiger partial charge >= 0.3 is 0 Å². The molecular weight excluding hydrogens is 882 g/mol. The maximum atomic E-state index is 15.5. The number of sulfonamides is 1. The van der Waals surface area contributed by atoms with Crippen molar-refractivity contribution in [2.24, 2.45) is 13.0 Å². The Hall–Kier alpha value is -6.42. The van der Waals surface area contributed by atoms with E-state index >= 15 is 8.78 Å². The Morgan fingerprint density at radius 3 is 2.54 bits per heavy atom. The number of nitrogens with one attached hydrogen (secondary N) is 2. The first kappa shape index (κ1) is 41.9. The van der Waals surface area contributed by atoms with Crippen molar-refractivity contribution in [2.45, 2.75) is 50.2 Å². The molecule has 0 saturated heterocycles. The van der Waals surface area contributed by atoms with Crippen LogP contribution in [0.15, 0.2) is 71.8 Å². The van der Waals surface area contributed by atoms with Crippen molar-refractivity contribution >= 4 is 55.2 Å². The molecule has 3 atom stereocenters. The first-order valence-corrected chi connectivity index (χ1v) is 21.5. The fraction of sp³-hybridized carbons (Fsp3) is 0.300. The lowest BCUT2D eigenvalue weighted by Gasteiger charge is -2.24. The van der Waals surface area contributed by atoms with Crippen molar-refractivity contribution in [3.05, 3.63) is 122 Å². The molecule has 1 saturated carbocycles. The zero-order valence-electron chi connectivity index (χ0n) is 32.9. The molecule has 7 aromatic rings. The maximum Gasteiger partial charge on any atom is 0.293 e. The number of alkyl halides is 4. The number of carbonyl (C=O) groups excluding carboxylic acids is 1. The van der Waals surface area contributed by atoms with Crippen LogP contribution in [-0.2, 0) is 47.3 Å². The summed E-state index contributed by atoms with van der Waals surface area (Å²) in [6, 6.07) is 9.99. The van der Waals surface area contributed by atoms with Gasteiger partial charge in [0.2, 0.25) is 15.9 Å². The summed E-state index contributed by atoms with van der Waals surface area (Å²) in [6.07, 6.45) is 0.548. The minimum atomic E-state index is -3.91. The highest BCUT2D eigenvalue weighted by molar-refractivity contribution is 7.92. The molecule has 0 spiro atoms. The highest BCUT2D eigenvalue weighted by atomic mass is 35.5. The van der Waals surface area contributed by atoms with Crippen molar-refractivity contribution < 1.29 is 44.3 Å². The molecule has 4 aromatic heterocycles. The third kappa shape index (κ3) is 7.74. The highest BCUT2D eigenvalue weighted by Crippen LogP contribution is 2.68. The summed E-state index contributed by atoms with van der Waals surface area (Å²) in [6.45, 7) is -0.473. The van der Waals surface area contributed by atoms with E-state index in [-0.39, 0.29) is 74.1 Å². The molecule has 2 aliphatic carbocycles. The zero-order valence-corrected chi connectivity index (χ0v) is 34.4. The lowest BCUT2D eigenvalue weighted by Crippen LogP contribution is -2.38. The number of benzene rings is 3. The molecule has 0 radical (unpaired) electrons. The number of nitrogens with zero attached hydrogens (tertiary/aromatic N) is 8. The summed E-state index contributed by atoms with van der Waals surface area (Å²) >= 11 is 6.62. The van der Waals surface area contributed by atoms with Gasteiger partial charge in [0.1, 0.15) is 47.7 Å². The molecule has 4 heterocycles. The average Bonchev–Trinajstić information content (AvgIpc) is 3.40. The number of carbonyl (C=O) groups is 1. The van der Waals surface area contributed by atoms with Gasteiger partial charge in [0.05, 0.1) is 51.4 Å². The molecule has 0 bridgehead atoms. The predicted octanol–water partition coefficient (Wildman–Crippen LogP) is 6.29. The minimum absolute atomic E-state index is 0.00736. The number of ether oxygens (including phenoxy) is 1. The van der Waals surface area contributed by atoms with E-state index in [2.05, 4.69) is 25.3 Å². The van der Waals surface area contributed by atoms with E-state index in [1.807, 2.05) is 0 Å². The normalized spacial score (nSPS) is 17.0. The first-order chi connectivity index (χ1) is 29.9. The highest BCUT2D eigenvalue weighted by Gasteiger charge is 2.67. The number of fused-ring (bicyclic) bond motifs is 5. The van der Waals surface area contributed by atoms with Crippen LogP contribution in [0.5, 0.6) is 5.75 Å². The van der Waals surface area contributed by atoms with E-state index in [0.29, 0.717) is 17.3 Å². The zero-order chi connectivity index (χ0) is 44.7. The van der Waals surface area contributed by atoms with Gasteiger partial charge in [-0.05, 0) is 60.4 Å². The van der Waals surface area contributed by atoms with Gasteiger partial charge in [0, 0.05) is 49.5 Å². The van der Waals surface area contributed by atoms with Crippen molar-refractivity contribution in [3.8, 4) is 11.4 Å². The number of aromatic nitrogens is 8. The van der Waals surface area contributed by atoms with E-state index in [9.17, 15) is 35.6 Å². The van der Waals surface area contributed by atoms with Crippen LogP contribution in [0, 0.1) is 17.6 Å². The summed E-state index contributed by atoms with van der Waals surface area (Å²) in [7, 11) is -2.46. The van der Waals surface area contributed by atoms with Crippen LogP contribution >= 0.6 is 11.6 Å². The summed E-state index contributed by atoms with van der Waals surface area (Å²) in [5, 5.41) is 14.9. The van der Waals surface area contributed by atoms with E-state index < -0.39 is 87.7 Å². The fourth-order valence-electron chi connectivity index (χ4n) is 8.34. The lowest BCUT2D eigenvalue weighted by molar-refractivity contribution is -0.123. The van der Waals surface area contributed by atoms with E-state index in [1.54, 1.807) is 23.1 Å². The second-order valence-corrected chi connectivity index (χ2v) is 17.5. The van der Waals surface area contributed by atoms with Crippen LogP contribution in [0.2, 0.25) is 5.02 Å². The van der Waals surface area contributed by atoms with Crippen molar-refractivity contribution in [1.29, 1.82) is 0 Å². The average molecular weight is 915 g/mol. The Bertz CT molecular complexity index is 3140. The van der Waals surface area contributed by atoms with E-state index in [1.165, 1.54) is 42.1 Å². The molecule has 0 unspecified atom stereocenters. The summed E-state index contributed by atoms with van der Waals surface area (Å²) in [4.78, 5) is 33.9. The van der Waals surface area contributed by atoms with Crippen molar-refractivity contribution in [2.75, 3.05) is 17.6 Å². The fourth-order valence-corrected chi connectivity index (χ4v) is 9.08. The molecular formula is C40H33ClF6N10O5S. The number of hydrogen-bond donors (Lipinski definition) is 2. The number of hydrogen-bond acceptors (Lipinski definition) is 9. The summed E-state index contributed by atoms with van der Waals surface area (Å²) in [5.74, 6) is -8.80. The molecule has 2 aliphatic rings. The Balaban J connectivity index is 1.21. The maximum absolute atomic E-state index is 15.5. The number of halogens is 7. The standard InChI is InChI=1S/C40H33ClF6N10O5S/c1-54-34-29(7-6-26(41)32(34)37(52-54)53-63(2,60)61)57-38(50-27-16-22(4-5-23(27)39(57)59)62-11-10-55-9-3-8-48-55)28(14-19-12-20(42)15-21(43)13-19)49-30(58)18-56-35-31(33(51-56)36(44)45)24-17-25(24)40(35,46)47/h3-9,12-13,15-16,24-25,28,36H,10-11,14,17-18H2,1-2H3,(H,49,58)(H,52,53)/t24-,25+,28-/m0/s1. The summed E-state index contributed by atoms with van der Waals surface area (Å²) in [5.41, 5.74) is -2.59. The Morgan fingerprint density at radius 2 is 1.84 bits per heavy atom. The van der Waals surface area contributed by atoms with Gasteiger partial charge in [-0.3, -0.25) is 32.9 Å². The van der Waals surface area contributed by atoms with Gasteiger partial charge in [0.15, 0.2) is 5.82 Å². The van der Waals surface area contributed by atoms with Crippen LogP contribution < -0.4 is 20.3 Å². The molecule has 1 amide bonds. The number of amides is 1. The summed E-state index contributed by atoms with van der Waals surface area (Å²) < 4.78 is 126. The van der Waals surface area contributed by atoms with Crippen LogP contribution in [0.3, 0.4) is 0 Å². The van der Waals surface area contributed by atoms with E-state index in [4.69, 9.17) is 21.3 Å². The van der Waals surface area contributed by atoms with Gasteiger partial charge in [-0.25, -0.2) is 31.0 Å². The lowest BCUT2D eigenvalue weighted by atomic mass is 10.0. The largest absolute Gasteiger partial charge is 0.492 e. The SMILES string of the molecule is Cn1nc(NS(C)(=O)=O)c2c(Cl)ccc(-n3c([C@H](Cc4cc(F)cc(F)c4)NC(=O)Cn4nc(C(F)F)c5c4C(F)(F)[C@@H]4C[C@H]54)nc4cc(OCCn5cccn5)ccc4c3=O)c21. The molecule has 23 heteroatoms. The smallest absolute Gasteiger partial charge is 0.293 e. The second kappa shape index (κ2) is 15.4. The third-order valence-electron chi connectivity index (χ3n) is 10.9. The van der Waals surface area contributed by atoms with Crippen LogP contribution in [0.1, 0.15) is 53.1 Å². The number of anilines is 1. The van der Waals surface area contributed by atoms with Gasteiger partial charge < -0.3 is 10.1 Å². The van der Waals surface area contributed by atoms with Gasteiger partial charge in [-0.1, -0.05) is 11.6 Å². The van der Waals surface area contributed by atoms with Crippen LogP contribution in [0.25, 0.3) is 27.5 Å². The van der Waals surface area contributed by atoms with Gasteiger partial charge in [-0.15, -0.1) is 0 Å². The molecule has 15 nitrogen and oxygen atoms in total. The Morgan fingerprint density at radius 1 is 1.08 bits per heavy atom. The molecule has 328 valence electrons. The molecule has 3 aromatic carbocycles. The molecule has 2 N–H and O–H groups in total. The number of rotatable bonds is 14. The molecule has 9 rings (SSSR count). The van der Waals surface area contributed by atoms with Crippen LogP contribution in [-0.4, -0.2) is 66.1 Å². The number of aryl methyl sites for hydroxylation is 1. The van der Waals surface area contributed by atoms with Gasteiger partial charge in [-0.2, -0.15) is 24.1 Å². The topological polar surface area (TPSA) is 173 Å². The van der Waals surface area contributed by atoms with Crippen molar-refractivity contribution in [3.63, 3.8) is 0 Å². The molecule has 1 fully saturated rings. The molecule has 0 aliphatic heterocycles. The second-order valence-electron chi connectivity index (χ2n) is 15.3. The monoisotopic (exact) mass is 914 g/mol. The first-order valence-electron chi connectivity index (χ1n) is 19.2. The van der Waals surface area contributed by atoms with E-state index in [0.717, 1.165) is 23.0 Å². The Kier molecular flexibility index (Phi) is 10.3. The van der Waals surface area contributed by atoms with Crippen molar-refractivity contribution in [1.82, 2.24) is 44.2 Å². The minimum Gasteiger partial charge on any atom is -0.492 e. The van der Waals surface area contributed by atoms with Crippen LogP contribution in [0.4, 0.5) is 32.2 Å².